The number of pyridine rings is 1. The summed E-state index contributed by atoms with van der Waals surface area (Å²) in [7, 11) is 1.39. The van der Waals surface area contributed by atoms with Crippen LogP contribution in [-0.2, 0) is 0 Å². The Morgan fingerprint density at radius 1 is 1.11 bits per heavy atom. The standard InChI is InChI=1S/C21H22FN3O3/c1-28-19-8-6-15(10-17(19)22)20(26)25-12-14-5-7-16(25)13-24(11-14)21(27)18-4-2-3-9-23-18/h2-4,6,8-10,14,16H,5,7,11-13H2,1H3/t14-,16+/m0/s1. The number of piperidine rings is 1. The van der Waals surface area contributed by atoms with Gasteiger partial charge in [0, 0.05) is 37.4 Å². The molecule has 2 aromatic rings. The fourth-order valence-electron chi connectivity index (χ4n) is 4.11. The molecule has 1 aromatic heterocycles. The molecule has 3 fully saturated rings. The van der Waals surface area contributed by atoms with Gasteiger partial charge in [-0.1, -0.05) is 6.07 Å². The first-order valence-electron chi connectivity index (χ1n) is 9.41. The molecule has 5 rings (SSSR count). The lowest BCUT2D eigenvalue weighted by atomic mass is 9.94. The summed E-state index contributed by atoms with van der Waals surface area (Å²) < 4.78 is 19.0. The molecule has 2 bridgehead atoms. The summed E-state index contributed by atoms with van der Waals surface area (Å²) in [6.07, 6.45) is 3.41. The number of hydrogen-bond acceptors (Lipinski definition) is 4. The second-order valence-corrected chi connectivity index (χ2v) is 7.33. The van der Waals surface area contributed by atoms with Gasteiger partial charge in [0.25, 0.3) is 11.8 Å². The van der Waals surface area contributed by atoms with Crippen LogP contribution in [0.1, 0.15) is 33.7 Å². The number of aromatic nitrogens is 1. The number of hydrogen-bond donors (Lipinski definition) is 0. The predicted molar refractivity (Wildman–Crippen MR) is 101 cm³/mol. The second-order valence-electron chi connectivity index (χ2n) is 7.33. The SMILES string of the molecule is COc1ccc(C(=O)N2C[C@H]3CC[C@@H]2CN(C(=O)c2ccccn2)C3)cc1F. The van der Waals surface area contributed by atoms with E-state index in [1.807, 2.05) is 0 Å². The van der Waals surface area contributed by atoms with E-state index in [4.69, 9.17) is 4.74 Å². The van der Waals surface area contributed by atoms with Crippen LogP contribution < -0.4 is 4.74 Å². The Morgan fingerprint density at radius 3 is 2.68 bits per heavy atom. The average Bonchev–Trinajstić information content (AvgIpc) is 3.05. The third kappa shape index (κ3) is 3.44. The fraction of sp³-hybridized carbons (Fsp3) is 0.381. The van der Waals surface area contributed by atoms with Crippen molar-refractivity contribution in [3.05, 3.63) is 59.7 Å². The Balaban J connectivity index is 1.54. The van der Waals surface area contributed by atoms with E-state index in [1.54, 1.807) is 40.3 Å². The van der Waals surface area contributed by atoms with Crippen molar-refractivity contribution in [3.63, 3.8) is 0 Å². The van der Waals surface area contributed by atoms with Gasteiger partial charge >= 0.3 is 0 Å². The van der Waals surface area contributed by atoms with E-state index in [9.17, 15) is 14.0 Å². The van der Waals surface area contributed by atoms with Gasteiger partial charge < -0.3 is 14.5 Å². The van der Waals surface area contributed by atoms with Crippen LogP contribution in [0.15, 0.2) is 42.6 Å². The average molecular weight is 383 g/mol. The largest absolute Gasteiger partial charge is 0.494 e. The number of methoxy groups -OCH3 is 1. The lowest BCUT2D eigenvalue weighted by Gasteiger charge is -2.36. The van der Waals surface area contributed by atoms with E-state index in [2.05, 4.69) is 4.98 Å². The van der Waals surface area contributed by atoms with Gasteiger partial charge in [-0.2, -0.15) is 0 Å². The van der Waals surface area contributed by atoms with Crippen LogP contribution in [0.2, 0.25) is 0 Å². The molecule has 2 amide bonds. The second kappa shape index (κ2) is 7.58. The van der Waals surface area contributed by atoms with Crippen LogP contribution in [0.4, 0.5) is 4.39 Å². The van der Waals surface area contributed by atoms with Crippen LogP contribution in [0.5, 0.6) is 5.75 Å². The predicted octanol–water partition coefficient (Wildman–Crippen LogP) is 2.61. The molecule has 3 saturated heterocycles. The van der Waals surface area contributed by atoms with Crippen molar-refractivity contribution in [2.24, 2.45) is 5.92 Å². The van der Waals surface area contributed by atoms with Gasteiger partial charge in [-0.05, 0) is 49.1 Å². The molecule has 2 atom stereocenters. The van der Waals surface area contributed by atoms with Gasteiger partial charge in [-0.3, -0.25) is 14.6 Å². The van der Waals surface area contributed by atoms with Gasteiger partial charge in [-0.25, -0.2) is 4.39 Å². The summed E-state index contributed by atoms with van der Waals surface area (Å²) in [6, 6.07) is 9.46. The van der Waals surface area contributed by atoms with Gasteiger partial charge in [0.15, 0.2) is 11.6 Å². The smallest absolute Gasteiger partial charge is 0.272 e. The van der Waals surface area contributed by atoms with Crippen molar-refractivity contribution >= 4 is 11.8 Å². The maximum Gasteiger partial charge on any atom is 0.272 e. The minimum absolute atomic E-state index is 0.0796. The molecule has 4 heterocycles. The van der Waals surface area contributed by atoms with Crippen LogP contribution in [0.3, 0.4) is 0 Å². The molecule has 1 aromatic carbocycles. The summed E-state index contributed by atoms with van der Waals surface area (Å²) in [5, 5.41) is 0. The molecule has 3 aliphatic heterocycles. The van der Waals surface area contributed by atoms with Crippen LogP contribution in [0, 0.1) is 11.7 Å². The van der Waals surface area contributed by atoms with E-state index < -0.39 is 5.82 Å². The Labute approximate surface area is 162 Å². The number of halogens is 1. The van der Waals surface area contributed by atoms with Gasteiger partial charge in [-0.15, -0.1) is 0 Å². The lowest BCUT2D eigenvalue weighted by Crippen LogP contribution is -2.47. The number of amides is 2. The van der Waals surface area contributed by atoms with Gasteiger partial charge in [0.2, 0.25) is 0 Å². The lowest BCUT2D eigenvalue weighted by molar-refractivity contribution is 0.0573. The highest BCUT2D eigenvalue weighted by Crippen LogP contribution is 2.30. The zero-order valence-corrected chi connectivity index (χ0v) is 15.7. The number of nitrogens with zero attached hydrogens (tertiary/aromatic N) is 3. The van der Waals surface area contributed by atoms with Gasteiger partial charge in [0.05, 0.1) is 7.11 Å². The summed E-state index contributed by atoms with van der Waals surface area (Å²) >= 11 is 0. The molecule has 28 heavy (non-hydrogen) atoms. The highest BCUT2D eigenvalue weighted by molar-refractivity contribution is 5.95. The molecule has 0 radical (unpaired) electrons. The van der Waals surface area contributed by atoms with Crippen molar-refractivity contribution in [2.45, 2.75) is 18.9 Å². The molecule has 0 saturated carbocycles. The molecule has 7 heteroatoms. The monoisotopic (exact) mass is 383 g/mol. The number of carbonyl (C=O) groups excluding carboxylic acids is 2. The Hall–Kier alpha value is -2.96. The number of rotatable bonds is 3. The third-order valence-corrected chi connectivity index (χ3v) is 5.54. The fourth-order valence-corrected chi connectivity index (χ4v) is 4.11. The minimum Gasteiger partial charge on any atom is -0.494 e. The van der Waals surface area contributed by atoms with Gasteiger partial charge in [0.1, 0.15) is 5.69 Å². The number of benzene rings is 1. The highest BCUT2D eigenvalue weighted by Gasteiger charge is 2.39. The molecule has 3 aliphatic rings. The summed E-state index contributed by atoms with van der Waals surface area (Å²) in [5.41, 5.74) is 0.715. The summed E-state index contributed by atoms with van der Waals surface area (Å²) in [6.45, 7) is 1.64. The van der Waals surface area contributed by atoms with Crippen molar-refractivity contribution in [3.8, 4) is 5.75 Å². The molecule has 146 valence electrons. The molecule has 6 nitrogen and oxygen atoms in total. The van der Waals surface area contributed by atoms with E-state index in [-0.39, 0.29) is 29.5 Å². The first-order chi connectivity index (χ1) is 13.6. The van der Waals surface area contributed by atoms with E-state index in [1.165, 1.54) is 19.2 Å². The van der Waals surface area contributed by atoms with Crippen molar-refractivity contribution in [1.82, 2.24) is 14.8 Å². The molecule has 0 spiro atoms. The maximum atomic E-state index is 14.0. The molecular weight excluding hydrogens is 361 g/mol. The first-order valence-corrected chi connectivity index (χ1v) is 9.41. The van der Waals surface area contributed by atoms with Crippen molar-refractivity contribution in [1.29, 1.82) is 0 Å². The van der Waals surface area contributed by atoms with Crippen molar-refractivity contribution < 1.29 is 18.7 Å². The van der Waals surface area contributed by atoms with Crippen molar-refractivity contribution in [2.75, 3.05) is 26.7 Å². The maximum absolute atomic E-state index is 14.0. The Kier molecular flexibility index (Phi) is 4.98. The normalized spacial score (nSPS) is 21.4. The molecule has 0 aliphatic carbocycles. The minimum atomic E-state index is -0.555. The molecule has 0 unspecified atom stereocenters. The van der Waals surface area contributed by atoms with E-state index >= 15 is 0 Å². The topological polar surface area (TPSA) is 62.7 Å². The van der Waals surface area contributed by atoms with E-state index in [0.717, 1.165) is 12.8 Å². The van der Waals surface area contributed by atoms with Crippen LogP contribution in [-0.4, -0.2) is 59.4 Å². The first kappa shape index (κ1) is 18.4. The summed E-state index contributed by atoms with van der Waals surface area (Å²) in [4.78, 5) is 33.6. The zero-order chi connectivity index (χ0) is 19.7. The Morgan fingerprint density at radius 2 is 1.96 bits per heavy atom. The number of ether oxygens (including phenoxy) is 1. The van der Waals surface area contributed by atoms with Crippen LogP contribution >= 0.6 is 0 Å². The number of fused-ring (bicyclic) bond motifs is 4. The number of carbonyl (C=O) groups is 2. The molecular formula is C21H22FN3O3. The van der Waals surface area contributed by atoms with Crippen LogP contribution in [0.25, 0.3) is 0 Å². The van der Waals surface area contributed by atoms with E-state index in [0.29, 0.717) is 30.9 Å². The third-order valence-electron chi connectivity index (χ3n) is 5.54. The zero-order valence-electron chi connectivity index (χ0n) is 15.7. The quantitative estimate of drug-likeness (QED) is 0.817. The molecule has 0 N–H and O–H groups in total. The Bertz CT molecular complexity index is 890. The summed E-state index contributed by atoms with van der Waals surface area (Å²) in [5.74, 6) is -0.550. The highest BCUT2D eigenvalue weighted by atomic mass is 19.1.